The Labute approximate surface area is 198 Å². The normalized spacial score (nSPS) is 37.2. The number of aliphatic hydroxyl groups excluding tert-OH is 1. The Kier molecular flexibility index (Phi) is 5.77. The Bertz CT molecular complexity index is 994. The van der Waals surface area contributed by atoms with Crippen LogP contribution in [0.4, 0.5) is 0 Å². The van der Waals surface area contributed by atoms with E-state index in [1.165, 1.54) is 0 Å². The molecule has 1 saturated heterocycles. The van der Waals surface area contributed by atoms with Gasteiger partial charge < -0.3 is 19.7 Å². The average molecular weight is 457 g/mol. The minimum atomic E-state index is -0.641. The van der Waals surface area contributed by atoms with E-state index in [-0.39, 0.29) is 28.3 Å². The van der Waals surface area contributed by atoms with E-state index in [0.717, 1.165) is 36.0 Å². The fraction of sp³-hybridized carbons (Fsp3) is 0.679. The van der Waals surface area contributed by atoms with Crippen LogP contribution in [0.1, 0.15) is 77.8 Å². The third-order valence-electron chi connectivity index (χ3n) is 9.45. The molecule has 182 valence electrons. The van der Waals surface area contributed by atoms with Crippen LogP contribution in [0.15, 0.2) is 23.8 Å². The zero-order chi connectivity index (χ0) is 24.4. The van der Waals surface area contributed by atoms with Crippen LogP contribution in [0, 0.1) is 23.7 Å². The zero-order valence-corrected chi connectivity index (χ0v) is 21.2. The number of rotatable bonds is 6. The highest BCUT2D eigenvalue weighted by Crippen LogP contribution is 2.78. The first kappa shape index (κ1) is 24.3. The highest BCUT2D eigenvalue weighted by molar-refractivity contribution is 5.87. The van der Waals surface area contributed by atoms with Gasteiger partial charge in [-0.05, 0) is 70.1 Å². The smallest absolute Gasteiger partial charge is 0.143 e. The van der Waals surface area contributed by atoms with E-state index < -0.39 is 17.3 Å². The first-order valence-electron chi connectivity index (χ1n) is 12.2. The second-order valence-electron chi connectivity index (χ2n) is 11.7. The van der Waals surface area contributed by atoms with Crippen molar-refractivity contribution in [1.82, 2.24) is 0 Å². The molecule has 0 amide bonds. The molecule has 1 heterocycles. The Morgan fingerprint density at radius 3 is 2.55 bits per heavy atom. The van der Waals surface area contributed by atoms with E-state index in [1.807, 2.05) is 45.9 Å². The quantitative estimate of drug-likeness (QED) is 0.570. The molecule has 5 atom stereocenters. The number of Topliss-reactive ketones (excluding diaryl/α,β-unsaturated/α-hetero) is 1. The number of aromatic hydroxyl groups is 1. The molecule has 0 unspecified atom stereocenters. The molecule has 4 rings (SSSR count). The maximum atomic E-state index is 13.8. The van der Waals surface area contributed by atoms with Crippen LogP contribution in [0.5, 0.6) is 11.5 Å². The van der Waals surface area contributed by atoms with E-state index in [4.69, 9.17) is 9.47 Å². The van der Waals surface area contributed by atoms with Crippen molar-refractivity contribution < 1.29 is 24.5 Å². The Balaban J connectivity index is 1.56. The molecule has 1 aromatic rings. The van der Waals surface area contributed by atoms with Gasteiger partial charge in [-0.1, -0.05) is 31.9 Å². The number of hydrogen-bond donors (Lipinski definition) is 2. The molecule has 0 aromatic heterocycles. The first-order valence-corrected chi connectivity index (χ1v) is 12.2. The van der Waals surface area contributed by atoms with Crippen molar-refractivity contribution in [3.63, 3.8) is 0 Å². The van der Waals surface area contributed by atoms with Crippen LogP contribution >= 0.6 is 0 Å². The van der Waals surface area contributed by atoms with Gasteiger partial charge in [0.25, 0.3) is 0 Å². The van der Waals surface area contributed by atoms with Gasteiger partial charge in [0.1, 0.15) is 17.3 Å². The van der Waals surface area contributed by atoms with Gasteiger partial charge in [0.05, 0.1) is 30.3 Å². The van der Waals surface area contributed by atoms with Crippen LogP contribution in [0.2, 0.25) is 0 Å². The summed E-state index contributed by atoms with van der Waals surface area (Å²) in [5.41, 5.74) is 1.15. The molecule has 2 aliphatic carbocycles. The third kappa shape index (κ3) is 3.37. The summed E-state index contributed by atoms with van der Waals surface area (Å²) in [4.78, 5) is 13.8. The molecule has 0 bridgehead atoms. The van der Waals surface area contributed by atoms with Gasteiger partial charge in [-0.3, -0.25) is 4.79 Å². The van der Waals surface area contributed by atoms with E-state index in [0.29, 0.717) is 25.0 Å². The largest absolute Gasteiger partial charge is 0.507 e. The lowest BCUT2D eigenvalue weighted by Gasteiger charge is -2.70. The standard InChI is InChI=1S/C28H40O5/c1-17(9-10-19-15-20(32-7)14-18(2)23(19)31)13-21(29)24-26(5)11-8-12-27(26,6)28(24)16-22(30)25(3,4)33-28/h9,14-15,22,24,30-31H,8,10-13,16H2,1-7H3/b17-9+/t22-,24-,26-,27-,28+/m0/s1. The number of fused-ring (bicyclic) bond motifs is 2. The van der Waals surface area contributed by atoms with Crippen molar-refractivity contribution in [3.8, 4) is 11.5 Å². The molecule has 0 radical (unpaired) electrons. The Hall–Kier alpha value is -1.85. The molecular formula is C28H40O5. The van der Waals surface area contributed by atoms with Crippen LogP contribution in [-0.4, -0.2) is 40.4 Å². The first-order chi connectivity index (χ1) is 15.3. The molecule has 33 heavy (non-hydrogen) atoms. The lowest BCUT2D eigenvalue weighted by Crippen LogP contribution is -2.75. The second kappa shape index (κ2) is 7.84. The summed E-state index contributed by atoms with van der Waals surface area (Å²) in [6.45, 7) is 12.2. The van der Waals surface area contributed by atoms with Gasteiger partial charge >= 0.3 is 0 Å². The van der Waals surface area contributed by atoms with E-state index in [2.05, 4.69) is 13.8 Å². The Morgan fingerprint density at radius 2 is 1.94 bits per heavy atom. The van der Waals surface area contributed by atoms with Gasteiger partial charge in [-0.15, -0.1) is 0 Å². The summed E-state index contributed by atoms with van der Waals surface area (Å²) < 4.78 is 12.0. The second-order valence-corrected chi connectivity index (χ2v) is 11.7. The molecule has 1 aliphatic heterocycles. The van der Waals surface area contributed by atoms with Gasteiger partial charge in [-0.2, -0.15) is 0 Å². The van der Waals surface area contributed by atoms with Crippen LogP contribution in [-0.2, 0) is 16.0 Å². The molecule has 1 aromatic carbocycles. The molecule has 3 aliphatic rings. The minimum absolute atomic E-state index is 0.0867. The predicted octanol–water partition coefficient (Wildman–Crippen LogP) is 5.28. The van der Waals surface area contributed by atoms with Crippen LogP contribution in [0.3, 0.4) is 0 Å². The maximum Gasteiger partial charge on any atom is 0.143 e. The molecule has 2 saturated carbocycles. The van der Waals surface area contributed by atoms with Crippen molar-refractivity contribution in [1.29, 1.82) is 0 Å². The number of phenolic OH excluding ortho intramolecular Hbond substituents is 1. The fourth-order valence-electron chi connectivity index (χ4n) is 7.35. The molecule has 1 spiro atoms. The van der Waals surface area contributed by atoms with E-state index >= 15 is 0 Å². The third-order valence-corrected chi connectivity index (χ3v) is 9.45. The lowest BCUT2D eigenvalue weighted by molar-refractivity contribution is -0.304. The summed E-state index contributed by atoms with van der Waals surface area (Å²) in [6.07, 6.45) is 6.06. The average Bonchev–Trinajstić information content (AvgIpc) is 3.14. The number of allylic oxidation sites excluding steroid dienone is 2. The zero-order valence-electron chi connectivity index (χ0n) is 21.2. The van der Waals surface area contributed by atoms with Gasteiger partial charge in [0.15, 0.2) is 0 Å². The maximum absolute atomic E-state index is 13.8. The monoisotopic (exact) mass is 456 g/mol. The van der Waals surface area contributed by atoms with Crippen LogP contribution in [0.25, 0.3) is 0 Å². The summed E-state index contributed by atoms with van der Waals surface area (Å²) in [6, 6.07) is 3.65. The summed E-state index contributed by atoms with van der Waals surface area (Å²) in [7, 11) is 1.62. The predicted molar refractivity (Wildman–Crippen MR) is 129 cm³/mol. The lowest BCUT2D eigenvalue weighted by atomic mass is 9.36. The molecule has 5 nitrogen and oxygen atoms in total. The van der Waals surface area contributed by atoms with Crippen LogP contribution < -0.4 is 4.74 Å². The summed E-state index contributed by atoms with van der Waals surface area (Å²) in [5, 5.41) is 21.2. The number of hydrogen-bond acceptors (Lipinski definition) is 5. The highest BCUT2D eigenvalue weighted by Gasteiger charge is 2.82. The number of carbonyl (C=O) groups excluding carboxylic acids is 1. The van der Waals surface area contributed by atoms with Crippen molar-refractivity contribution in [2.24, 2.45) is 16.7 Å². The molecule has 2 N–H and O–H groups in total. The number of carbonyl (C=O) groups is 1. The number of aryl methyl sites for hydroxylation is 1. The number of benzene rings is 1. The van der Waals surface area contributed by atoms with Gasteiger partial charge in [-0.25, -0.2) is 0 Å². The van der Waals surface area contributed by atoms with Gasteiger partial charge in [0.2, 0.25) is 0 Å². The van der Waals surface area contributed by atoms with Crippen molar-refractivity contribution in [2.45, 2.75) is 97.4 Å². The van der Waals surface area contributed by atoms with E-state index in [9.17, 15) is 15.0 Å². The number of aliphatic hydroxyl groups is 1. The SMILES string of the molecule is COc1cc(C)c(O)c(C/C=C(\C)CC(=O)[C@H]2[C@]3(C)CCC[C@]3(C)[C@@]23C[C@H](O)C(C)(C)O3)c1. The Morgan fingerprint density at radius 1 is 1.24 bits per heavy atom. The number of phenols is 1. The topological polar surface area (TPSA) is 76.0 Å². The molecular weight excluding hydrogens is 416 g/mol. The highest BCUT2D eigenvalue weighted by atomic mass is 16.6. The number of ketones is 1. The summed E-state index contributed by atoms with van der Waals surface area (Å²) >= 11 is 0. The van der Waals surface area contributed by atoms with Crippen molar-refractivity contribution in [2.75, 3.05) is 7.11 Å². The molecule has 5 heteroatoms. The van der Waals surface area contributed by atoms with Crippen molar-refractivity contribution >= 4 is 5.78 Å². The van der Waals surface area contributed by atoms with Crippen molar-refractivity contribution in [3.05, 3.63) is 34.9 Å². The van der Waals surface area contributed by atoms with Gasteiger partial charge in [0, 0.05) is 23.8 Å². The summed E-state index contributed by atoms with van der Waals surface area (Å²) in [5.74, 6) is 0.993. The fourth-order valence-corrected chi connectivity index (χ4v) is 7.35. The minimum Gasteiger partial charge on any atom is -0.507 e. The molecule has 3 fully saturated rings. The van der Waals surface area contributed by atoms with E-state index in [1.54, 1.807) is 7.11 Å². The number of methoxy groups -OCH3 is 1. The number of ether oxygens (including phenoxy) is 2.